The Balaban J connectivity index is 1.76. The van der Waals surface area contributed by atoms with Crippen LogP contribution < -0.4 is 9.47 Å². The fourth-order valence-corrected chi connectivity index (χ4v) is 4.22. The zero-order valence-corrected chi connectivity index (χ0v) is 17.1. The molecule has 0 spiro atoms. The van der Waals surface area contributed by atoms with Crippen molar-refractivity contribution in [1.82, 2.24) is 4.98 Å². The number of aliphatic hydroxyl groups is 1. The molecule has 0 amide bonds. The molecule has 1 aromatic heterocycles. The van der Waals surface area contributed by atoms with Crippen molar-refractivity contribution in [3.05, 3.63) is 58.9 Å². The number of aromatic nitrogens is 1. The van der Waals surface area contributed by atoms with Crippen molar-refractivity contribution in [1.29, 1.82) is 0 Å². The van der Waals surface area contributed by atoms with Crippen molar-refractivity contribution in [3.8, 4) is 11.5 Å². The third kappa shape index (κ3) is 3.94. The Hall–Kier alpha value is -3.36. The number of hydrogen-bond donors (Lipinski definition) is 1. The Morgan fingerprint density at radius 3 is 2.28 bits per heavy atom. The number of para-hydroxylation sites is 2. The maximum atomic E-state index is 13.3. The topological polar surface area (TPSA) is 85.7 Å². The van der Waals surface area contributed by atoms with Gasteiger partial charge in [-0.05, 0) is 43.5 Å². The molecule has 2 aromatic rings. The summed E-state index contributed by atoms with van der Waals surface area (Å²) in [5.41, 5.74) is -1.94. The first kappa shape index (κ1) is 21.9. The fraction of sp³-hybridized carbons (Fsp3) is 0.348. The number of hydrogen-bond acceptors (Lipinski definition) is 6. The number of nitrogens with zero attached hydrogens (tertiary/aromatic N) is 1. The summed E-state index contributed by atoms with van der Waals surface area (Å²) in [6, 6.07) is 8.25. The van der Waals surface area contributed by atoms with Crippen molar-refractivity contribution in [2.75, 3.05) is 7.11 Å². The maximum Gasteiger partial charge on any atom is 0.433 e. The molecular weight excluding hydrogens is 427 g/mol. The van der Waals surface area contributed by atoms with Gasteiger partial charge in [-0.15, -0.1) is 0 Å². The van der Waals surface area contributed by atoms with E-state index in [9.17, 15) is 27.9 Å². The zero-order chi connectivity index (χ0) is 23.0. The Morgan fingerprint density at radius 2 is 1.69 bits per heavy atom. The van der Waals surface area contributed by atoms with E-state index in [1.165, 1.54) is 7.11 Å². The summed E-state index contributed by atoms with van der Waals surface area (Å²) in [5, 5.41) is 10.9. The molecule has 0 aliphatic heterocycles. The van der Waals surface area contributed by atoms with Crippen LogP contribution in [0.3, 0.4) is 0 Å². The smallest absolute Gasteiger partial charge is 0.433 e. The number of rotatable bonds is 5. The summed E-state index contributed by atoms with van der Waals surface area (Å²) < 4.78 is 50.6. The molecule has 6 nitrogen and oxygen atoms in total. The van der Waals surface area contributed by atoms with E-state index in [0.29, 0.717) is 31.1 Å². The Bertz CT molecular complexity index is 1090. The minimum atomic E-state index is -4.73. The van der Waals surface area contributed by atoms with Gasteiger partial charge in [-0.1, -0.05) is 12.1 Å². The van der Waals surface area contributed by atoms with Gasteiger partial charge >= 0.3 is 6.18 Å². The van der Waals surface area contributed by atoms with Gasteiger partial charge in [-0.2, -0.15) is 13.2 Å². The Morgan fingerprint density at radius 1 is 1.06 bits per heavy atom. The number of aliphatic hydroxyl groups excluding tert-OH is 1. The average molecular weight is 447 g/mol. The lowest BCUT2D eigenvalue weighted by atomic mass is 9.81. The summed E-state index contributed by atoms with van der Waals surface area (Å²) in [4.78, 5) is 29.1. The molecule has 168 valence electrons. The van der Waals surface area contributed by atoms with E-state index >= 15 is 0 Å². The van der Waals surface area contributed by atoms with Gasteiger partial charge in [0, 0.05) is 17.4 Å². The van der Waals surface area contributed by atoms with Crippen LogP contribution in [0.1, 0.15) is 36.2 Å². The van der Waals surface area contributed by atoms with E-state index in [1.54, 1.807) is 24.3 Å². The van der Waals surface area contributed by atoms with Crippen LogP contribution in [0.15, 0.2) is 42.0 Å². The van der Waals surface area contributed by atoms with E-state index in [0.717, 1.165) is 6.07 Å². The van der Waals surface area contributed by atoms with Crippen molar-refractivity contribution in [2.45, 2.75) is 32.0 Å². The highest BCUT2D eigenvalue weighted by Gasteiger charge is 2.45. The molecule has 4 rings (SSSR count). The first-order valence-electron chi connectivity index (χ1n) is 10.1. The molecule has 0 radical (unpaired) electrons. The third-order valence-corrected chi connectivity index (χ3v) is 5.86. The molecule has 2 aliphatic rings. The van der Waals surface area contributed by atoms with Crippen LogP contribution in [0.5, 0.6) is 11.5 Å². The van der Waals surface area contributed by atoms with Gasteiger partial charge in [0.05, 0.1) is 12.8 Å². The Kier molecular flexibility index (Phi) is 5.66. The summed E-state index contributed by atoms with van der Waals surface area (Å²) in [6.45, 7) is -0.452. The number of pyridine rings is 1. The largest absolute Gasteiger partial charge is 0.506 e. The lowest BCUT2D eigenvalue weighted by Crippen LogP contribution is -2.30. The van der Waals surface area contributed by atoms with Crippen molar-refractivity contribution in [2.24, 2.45) is 11.8 Å². The number of fused-ring (bicyclic) bond motifs is 2. The SMILES string of the molecule is COc1ccccc1OCc1nc(C(F)(F)F)ccc1C(O)=C1C(=O)C2CCC(C2)C1=O. The van der Waals surface area contributed by atoms with Gasteiger partial charge < -0.3 is 14.6 Å². The van der Waals surface area contributed by atoms with Gasteiger partial charge in [0.15, 0.2) is 23.1 Å². The van der Waals surface area contributed by atoms with Gasteiger partial charge in [-0.3, -0.25) is 9.59 Å². The molecule has 2 atom stereocenters. The third-order valence-electron chi connectivity index (χ3n) is 5.86. The number of ketones is 2. The van der Waals surface area contributed by atoms with Crippen LogP contribution in [-0.2, 0) is 22.4 Å². The van der Waals surface area contributed by atoms with Crippen LogP contribution >= 0.6 is 0 Å². The minimum absolute atomic E-state index is 0.147. The lowest BCUT2D eigenvalue weighted by molar-refractivity contribution is -0.141. The monoisotopic (exact) mass is 447 g/mol. The predicted octanol–water partition coefficient (Wildman–Crippen LogP) is 4.53. The second-order valence-electron chi connectivity index (χ2n) is 7.79. The summed E-state index contributed by atoms with van der Waals surface area (Å²) >= 11 is 0. The number of Topliss-reactive ketones (excluding diaryl/α,β-unsaturated/α-hetero) is 2. The van der Waals surface area contributed by atoms with Crippen molar-refractivity contribution < 1.29 is 37.3 Å². The van der Waals surface area contributed by atoms with Crippen LogP contribution in [0.25, 0.3) is 5.76 Å². The first-order chi connectivity index (χ1) is 15.2. The zero-order valence-electron chi connectivity index (χ0n) is 17.1. The molecule has 2 aliphatic carbocycles. The first-order valence-corrected chi connectivity index (χ1v) is 10.1. The lowest BCUT2D eigenvalue weighted by Gasteiger charge is -2.21. The maximum absolute atomic E-state index is 13.3. The summed E-state index contributed by atoms with van der Waals surface area (Å²) in [7, 11) is 1.42. The molecule has 32 heavy (non-hydrogen) atoms. The number of carbonyl (C=O) groups is 2. The molecule has 2 unspecified atom stereocenters. The highest BCUT2D eigenvalue weighted by molar-refractivity contribution is 6.27. The van der Waals surface area contributed by atoms with Crippen molar-refractivity contribution >= 4 is 17.3 Å². The minimum Gasteiger partial charge on any atom is -0.506 e. The van der Waals surface area contributed by atoms with Crippen LogP contribution in [0.4, 0.5) is 13.2 Å². The number of carbonyl (C=O) groups excluding carboxylic acids is 2. The summed E-state index contributed by atoms with van der Waals surface area (Å²) in [5.74, 6) is -1.70. The van der Waals surface area contributed by atoms with Crippen LogP contribution in [-0.4, -0.2) is 28.8 Å². The van der Waals surface area contributed by atoms with Crippen molar-refractivity contribution in [3.63, 3.8) is 0 Å². The second-order valence-corrected chi connectivity index (χ2v) is 7.79. The molecule has 2 bridgehead atoms. The van der Waals surface area contributed by atoms with Gasteiger partial charge in [0.1, 0.15) is 23.6 Å². The number of allylic oxidation sites excluding steroid dienone is 1. The molecule has 2 saturated carbocycles. The fourth-order valence-electron chi connectivity index (χ4n) is 4.22. The second kappa shape index (κ2) is 8.29. The highest BCUT2D eigenvalue weighted by atomic mass is 19.4. The highest BCUT2D eigenvalue weighted by Crippen LogP contribution is 2.42. The number of methoxy groups -OCH3 is 1. The molecular formula is C23H20F3NO5. The molecule has 0 saturated heterocycles. The van der Waals surface area contributed by atoms with Gasteiger partial charge in [0.2, 0.25) is 0 Å². The average Bonchev–Trinajstić information content (AvgIpc) is 3.23. The standard InChI is InChI=1S/C23H20F3NO5/c1-31-16-4-2-3-5-17(16)32-11-15-14(8-9-18(27-15)23(24,25)26)22(30)19-20(28)12-6-7-13(10-12)21(19)29/h2-5,8-9,12-13,30H,6-7,10-11H2,1H3. The Labute approximate surface area is 181 Å². The molecule has 1 N–H and O–H groups in total. The quantitative estimate of drug-likeness (QED) is 0.412. The number of alkyl halides is 3. The van der Waals surface area contributed by atoms with E-state index in [1.807, 2.05) is 0 Å². The molecule has 9 heteroatoms. The number of benzene rings is 1. The summed E-state index contributed by atoms with van der Waals surface area (Å²) in [6.07, 6.45) is -3.17. The normalized spacial score (nSPS) is 20.4. The molecule has 1 aromatic carbocycles. The number of ether oxygens (including phenoxy) is 2. The van der Waals surface area contributed by atoms with E-state index in [-0.39, 0.29) is 34.4 Å². The number of halogens is 3. The van der Waals surface area contributed by atoms with E-state index in [4.69, 9.17) is 9.47 Å². The van der Waals surface area contributed by atoms with Crippen LogP contribution in [0, 0.1) is 11.8 Å². The molecule has 2 fully saturated rings. The van der Waals surface area contributed by atoms with Crippen LogP contribution in [0.2, 0.25) is 0 Å². The predicted molar refractivity (Wildman–Crippen MR) is 107 cm³/mol. The molecule has 1 heterocycles. The van der Waals surface area contributed by atoms with Gasteiger partial charge in [-0.25, -0.2) is 4.98 Å². The van der Waals surface area contributed by atoms with E-state index < -0.39 is 35.8 Å². The van der Waals surface area contributed by atoms with E-state index in [2.05, 4.69) is 4.98 Å². The van der Waals surface area contributed by atoms with Gasteiger partial charge in [0.25, 0.3) is 0 Å².